The second-order valence-corrected chi connectivity index (χ2v) is 11.7. The van der Waals surface area contributed by atoms with E-state index in [0.29, 0.717) is 13.0 Å². The molecule has 45 heavy (non-hydrogen) atoms. The molecule has 1 saturated heterocycles. The smallest absolute Gasteiger partial charge is 0.332 e. The SMILES string of the molecule is COc1ccnc(C(=O)NC2COC(=O)C(Cc3ccccc3)C(OCC(C)C)C(C)OC2=O)c1OCOC(=O)C1CCCC1. The molecular weight excluding hydrogens is 584 g/mol. The molecule has 1 aromatic carbocycles. The van der Waals surface area contributed by atoms with Gasteiger partial charge in [0.1, 0.15) is 18.8 Å². The van der Waals surface area contributed by atoms with Crippen LogP contribution in [0, 0.1) is 17.8 Å². The van der Waals surface area contributed by atoms with Crippen LogP contribution >= 0.6 is 0 Å². The third kappa shape index (κ3) is 9.16. The highest BCUT2D eigenvalue weighted by Gasteiger charge is 2.40. The molecule has 0 bridgehead atoms. The van der Waals surface area contributed by atoms with Crippen LogP contribution in [-0.2, 0) is 39.8 Å². The number of rotatable bonds is 12. The van der Waals surface area contributed by atoms with Gasteiger partial charge in [0.25, 0.3) is 5.91 Å². The Kier molecular flexibility index (Phi) is 12.1. The summed E-state index contributed by atoms with van der Waals surface area (Å²) in [4.78, 5) is 56.7. The van der Waals surface area contributed by atoms with Gasteiger partial charge < -0.3 is 33.7 Å². The number of cyclic esters (lactones) is 2. The molecule has 1 N–H and O–H groups in total. The van der Waals surface area contributed by atoms with Crippen LogP contribution in [0.25, 0.3) is 0 Å². The number of nitrogens with one attached hydrogen (secondary N) is 1. The highest BCUT2D eigenvalue weighted by Crippen LogP contribution is 2.31. The number of aromatic nitrogens is 1. The molecule has 4 unspecified atom stereocenters. The van der Waals surface area contributed by atoms with Crippen molar-refractivity contribution in [1.82, 2.24) is 10.3 Å². The Balaban J connectivity index is 1.50. The molecule has 0 radical (unpaired) electrons. The molecule has 12 heteroatoms. The summed E-state index contributed by atoms with van der Waals surface area (Å²) in [6.45, 7) is 5.01. The zero-order valence-corrected chi connectivity index (χ0v) is 26.2. The highest BCUT2D eigenvalue weighted by molar-refractivity contribution is 5.98. The maximum Gasteiger partial charge on any atom is 0.332 e. The predicted octanol–water partition coefficient (Wildman–Crippen LogP) is 3.65. The van der Waals surface area contributed by atoms with E-state index in [1.54, 1.807) is 6.92 Å². The summed E-state index contributed by atoms with van der Waals surface area (Å²) in [5, 5.41) is 2.55. The molecule has 1 amide bonds. The van der Waals surface area contributed by atoms with Gasteiger partial charge in [-0.3, -0.25) is 14.4 Å². The summed E-state index contributed by atoms with van der Waals surface area (Å²) in [5.41, 5.74) is 0.671. The minimum atomic E-state index is -1.36. The van der Waals surface area contributed by atoms with E-state index in [9.17, 15) is 19.2 Å². The Bertz CT molecular complexity index is 1310. The first-order valence-electron chi connectivity index (χ1n) is 15.3. The topological polar surface area (TPSA) is 149 Å². The number of carbonyl (C=O) groups excluding carboxylic acids is 4. The van der Waals surface area contributed by atoms with E-state index in [0.717, 1.165) is 31.2 Å². The number of esters is 3. The van der Waals surface area contributed by atoms with Gasteiger partial charge in [-0.25, -0.2) is 9.78 Å². The third-order valence-electron chi connectivity index (χ3n) is 7.76. The lowest BCUT2D eigenvalue weighted by atomic mass is 9.91. The van der Waals surface area contributed by atoms with Crippen molar-refractivity contribution < 1.29 is 47.6 Å². The number of carbonyl (C=O) groups is 4. The fourth-order valence-electron chi connectivity index (χ4n) is 5.40. The molecule has 1 aromatic heterocycles. The van der Waals surface area contributed by atoms with Gasteiger partial charge in [-0.05, 0) is 37.7 Å². The molecule has 4 rings (SSSR count). The summed E-state index contributed by atoms with van der Waals surface area (Å²) in [6, 6.07) is 9.55. The standard InChI is InChI=1S/C33H42N2O10/c1-20(2)17-41-28-21(3)45-33(39)25(18-42-32(38)24(28)16-22-10-6-5-7-11-22)35-30(36)27-29(26(40-4)14-15-34-27)43-19-44-31(37)23-12-8-9-13-23/h5-7,10-11,14-15,20-21,23-25,28H,8-9,12-13,16-19H2,1-4H3,(H,35,36). The largest absolute Gasteiger partial charge is 0.493 e. The van der Waals surface area contributed by atoms with E-state index < -0.39 is 55.4 Å². The van der Waals surface area contributed by atoms with Gasteiger partial charge in [0.05, 0.1) is 18.9 Å². The Morgan fingerprint density at radius 1 is 1.07 bits per heavy atom. The average molecular weight is 627 g/mol. The lowest BCUT2D eigenvalue weighted by Gasteiger charge is -2.30. The van der Waals surface area contributed by atoms with E-state index in [2.05, 4.69) is 10.3 Å². The van der Waals surface area contributed by atoms with Crippen molar-refractivity contribution in [3.8, 4) is 11.5 Å². The highest BCUT2D eigenvalue weighted by atomic mass is 16.7. The monoisotopic (exact) mass is 626 g/mol. The Hall–Kier alpha value is -4.19. The molecule has 1 aliphatic carbocycles. The molecule has 244 valence electrons. The van der Waals surface area contributed by atoms with Crippen LogP contribution < -0.4 is 14.8 Å². The van der Waals surface area contributed by atoms with Crippen molar-refractivity contribution in [2.24, 2.45) is 17.8 Å². The fraction of sp³-hybridized carbons (Fsp3) is 0.545. The zero-order chi connectivity index (χ0) is 32.3. The predicted molar refractivity (Wildman–Crippen MR) is 160 cm³/mol. The number of ether oxygens (including phenoxy) is 6. The molecular formula is C33H42N2O10. The van der Waals surface area contributed by atoms with E-state index >= 15 is 0 Å². The molecule has 0 spiro atoms. The number of benzene rings is 1. The Morgan fingerprint density at radius 3 is 2.49 bits per heavy atom. The number of amides is 1. The van der Waals surface area contributed by atoms with Gasteiger partial charge >= 0.3 is 17.9 Å². The number of methoxy groups -OCH3 is 1. The molecule has 1 saturated carbocycles. The minimum Gasteiger partial charge on any atom is -0.493 e. The third-order valence-corrected chi connectivity index (χ3v) is 7.76. The number of pyridine rings is 1. The quantitative estimate of drug-likeness (QED) is 0.209. The summed E-state index contributed by atoms with van der Waals surface area (Å²) >= 11 is 0. The Labute approximate surface area is 263 Å². The zero-order valence-electron chi connectivity index (χ0n) is 26.2. The molecule has 2 aliphatic rings. The summed E-state index contributed by atoms with van der Waals surface area (Å²) in [6.07, 6.45) is 3.49. The average Bonchev–Trinajstić information content (AvgIpc) is 3.58. The second kappa shape index (κ2) is 16.2. The van der Waals surface area contributed by atoms with E-state index in [-0.39, 0.29) is 35.0 Å². The first kappa shape index (κ1) is 33.7. The van der Waals surface area contributed by atoms with Crippen molar-refractivity contribution in [3.05, 3.63) is 53.9 Å². The van der Waals surface area contributed by atoms with Crippen LogP contribution in [0.4, 0.5) is 0 Å². The number of hydrogen-bond donors (Lipinski definition) is 1. The first-order chi connectivity index (χ1) is 21.7. The van der Waals surface area contributed by atoms with Crippen molar-refractivity contribution >= 4 is 23.8 Å². The van der Waals surface area contributed by atoms with Crippen molar-refractivity contribution in [1.29, 1.82) is 0 Å². The molecule has 1 aliphatic heterocycles. The van der Waals surface area contributed by atoms with E-state index in [1.165, 1.54) is 19.4 Å². The van der Waals surface area contributed by atoms with Crippen LogP contribution in [-0.4, -0.2) is 74.2 Å². The summed E-state index contributed by atoms with van der Waals surface area (Å²) in [7, 11) is 1.38. The van der Waals surface area contributed by atoms with Crippen LogP contribution in [0.15, 0.2) is 42.6 Å². The van der Waals surface area contributed by atoms with Crippen LogP contribution in [0.2, 0.25) is 0 Å². The maximum atomic E-state index is 13.5. The van der Waals surface area contributed by atoms with Gasteiger partial charge in [-0.2, -0.15) is 0 Å². The van der Waals surface area contributed by atoms with E-state index in [1.807, 2.05) is 44.2 Å². The minimum absolute atomic E-state index is 0.0800. The van der Waals surface area contributed by atoms with Crippen molar-refractivity contribution in [2.75, 3.05) is 27.1 Å². The number of nitrogens with zero attached hydrogens (tertiary/aromatic N) is 1. The maximum absolute atomic E-state index is 13.5. The van der Waals surface area contributed by atoms with Crippen LogP contribution in [0.3, 0.4) is 0 Å². The normalized spacial score (nSPS) is 22.4. The molecule has 2 fully saturated rings. The van der Waals surface area contributed by atoms with Gasteiger partial charge in [-0.1, -0.05) is 57.0 Å². The lowest BCUT2D eigenvalue weighted by Crippen LogP contribution is -2.46. The van der Waals surface area contributed by atoms with Crippen LogP contribution in [0.5, 0.6) is 11.5 Å². The lowest BCUT2D eigenvalue weighted by molar-refractivity contribution is -0.165. The van der Waals surface area contributed by atoms with E-state index in [4.69, 9.17) is 28.4 Å². The van der Waals surface area contributed by atoms with Gasteiger partial charge in [0.15, 0.2) is 23.2 Å². The molecule has 2 aromatic rings. The van der Waals surface area contributed by atoms with Gasteiger partial charge in [0, 0.05) is 18.9 Å². The van der Waals surface area contributed by atoms with Gasteiger partial charge in [-0.15, -0.1) is 0 Å². The molecule has 4 atom stereocenters. The molecule has 2 heterocycles. The Morgan fingerprint density at radius 2 is 1.80 bits per heavy atom. The van der Waals surface area contributed by atoms with Crippen molar-refractivity contribution in [3.63, 3.8) is 0 Å². The summed E-state index contributed by atoms with van der Waals surface area (Å²) in [5.74, 6) is -3.26. The summed E-state index contributed by atoms with van der Waals surface area (Å²) < 4.78 is 33.7. The van der Waals surface area contributed by atoms with Crippen LogP contribution in [0.1, 0.15) is 62.5 Å². The van der Waals surface area contributed by atoms with Crippen molar-refractivity contribution in [2.45, 2.75) is 71.1 Å². The second-order valence-electron chi connectivity index (χ2n) is 11.7. The molecule has 12 nitrogen and oxygen atoms in total. The number of hydrogen-bond acceptors (Lipinski definition) is 11. The fourth-order valence-corrected chi connectivity index (χ4v) is 5.40. The first-order valence-corrected chi connectivity index (χ1v) is 15.3. The van der Waals surface area contributed by atoms with Gasteiger partial charge in [0.2, 0.25) is 6.79 Å².